The van der Waals surface area contributed by atoms with Gasteiger partial charge in [-0.25, -0.2) is 29.9 Å². The Bertz CT molecular complexity index is 7260. The number of rotatable bonds is 18. The molecule has 21 rings (SSSR count). The normalized spacial score (nSPS) is 12.8. The maximum atomic E-state index is 14.9. The zero-order chi connectivity index (χ0) is 88.6. The largest absolute Gasteiger partial charge is 0.494 e. The van der Waals surface area contributed by atoms with E-state index in [9.17, 15) is 9.13 Å². The summed E-state index contributed by atoms with van der Waals surface area (Å²) in [4.78, 5) is 29.3. The second-order valence-corrected chi connectivity index (χ2v) is 39.5. The Labute approximate surface area is 767 Å². The summed E-state index contributed by atoms with van der Waals surface area (Å²) in [5.41, 5.74) is 17.3. The molecule has 626 valence electrons. The van der Waals surface area contributed by atoms with Crippen LogP contribution in [0.1, 0.15) is 27.7 Å². The minimum Gasteiger partial charge on any atom is -0.399 e. The molecular formula is C116H88BBrN6O4P2. The number of fused-ring (bicyclic) bond motifs is 2. The second kappa shape index (κ2) is 37.4. The Morgan fingerprint density at radius 3 is 0.654 bits per heavy atom. The van der Waals surface area contributed by atoms with Crippen LogP contribution in [0.25, 0.3) is 146 Å². The monoisotopic (exact) mass is 1780 g/mol. The van der Waals surface area contributed by atoms with Gasteiger partial charge in [-0.2, -0.15) is 0 Å². The van der Waals surface area contributed by atoms with E-state index in [1.54, 1.807) is 0 Å². The van der Waals surface area contributed by atoms with E-state index in [0.29, 0.717) is 34.9 Å². The van der Waals surface area contributed by atoms with E-state index in [1.165, 1.54) is 38.2 Å². The number of benzene rings is 18. The molecule has 130 heavy (non-hydrogen) atoms. The summed E-state index contributed by atoms with van der Waals surface area (Å²) in [5.74, 6) is 3.87. The molecular weight excluding hydrogens is 1690 g/mol. The highest BCUT2D eigenvalue weighted by atomic mass is 79.9. The summed E-state index contributed by atoms with van der Waals surface area (Å²) in [6.07, 6.45) is 0. The van der Waals surface area contributed by atoms with E-state index in [2.05, 4.69) is 226 Å². The molecule has 0 saturated carbocycles. The molecule has 10 nitrogen and oxygen atoms in total. The van der Waals surface area contributed by atoms with Crippen molar-refractivity contribution in [2.45, 2.75) is 38.9 Å². The van der Waals surface area contributed by atoms with Gasteiger partial charge in [-0.3, -0.25) is 0 Å². The number of aromatic nitrogens is 6. The molecule has 1 aliphatic rings. The van der Waals surface area contributed by atoms with Gasteiger partial charge >= 0.3 is 7.12 Å². The highest BCUT2D eigenvalue weighted by Crippen LogP contribution is 2.46. The van der Waals surface area contributed by atoms with Gasteiger partial charge in [0, 0.05) is 69.7 Å². The number of nitrogens with zero attached hydrogens (tertiary/aromatic N) is 6. The van der Waals surface area contributed by atoms with Crippen LogP contribution < -0.4 is 37.3 Å². The molecule has 14 heteroatoms. The van der Waals surface area contributed by atoms with Gasteiger partial charge in [0.15, 0.2) is 49.2 Å². The molecule has 0 atom stereocenters. The van der Waals surface area contributed by atoms with Crippen LogP contribution in [0.5, 0.6) is 0 Å². The highest BCUT2D eigenvalue weighted by molar-refractivity contribution is 9.10. The predicted octanol–water partition coefficient (Wildman–Crippen LogP) is 26.4. The summed E-state index contributed by atoms with van der Waals surface area (Å²) in [5, 5.41) is 9.82. The number of hydrogen-bond donors (Lipinski definition) is 0. The SMILES string of the molecule is CC1(C)OB(c2ccc(-c3cccc4c(-c5ccc(-c6nc(-c7ccccc7)nc(-c7ccccc7)n6)cc5)cccc34)cc2)OC1(C)C.O=P(c1ccccc1)(c1ccccc1)c1ccc(-c2ccc(-c3cccc4c(-c5ccc(-c6nc(-c7ccccc7)nc(-c7ccccc7)n6)cc5)cccc34)cc2)cc1.O=P(c1ccccc1)(c1ccccc1)c1ccc(Br)cc1. The van der Waals surface area contributed by atoms with Crippen molar-refractivity contribution in [3.8, 4) is 124 Å². The number of hydrogen-bond acceptors (Lipinski definition) is 10. The van der Waals surface area contributed by atoms with E-state index in [-0.39, 0.29) is 18.3 Å². The van der Waals surface area contributed by atoms with E-state index in [4.69, 9.17) is 39.2 Å². The maximum Gasteiger partial charge on any atom is 0.494 e. The van der Waals surface area contributed by atoms with Gasteiger partial charge in [0.25, 0.3) is 0 Å². The number of halogens is 1. The average molecular weight is 1780 g/mol. The first-order valence-corrected chi connectivity index (χ1v) is 47.6. The smallest absolute Gasteiger partial charge is 0.399 e. The van der Waals surface area contributed by atoms with Gasteiger partial charge in [0.2, 0.25) is 0 Å². The van der Waals surface area contributed by atoms with Crippen LogP contribution in [0, 0.1) is 0 Å². The fourth-order valence-corrected chi connectivity index (χ4v) is 22.3. The summed E-state index contributed by atoms with van der Waals surface area (Å²) in [7, 11) is -6.23. The lowest BCUT2D eigenvalue weighted by molar-refractivity contribution is 0.00578. The molecule has 3 heterocycles. The molecule has 0 amide bonds. The Balaban J connectivity index is 0.000000140. The van der Waals surface area contributed by atoms with Crippen LogP contribution in [0.3, 0.4) is 0 Å². The molecule has 0 bridgehead atoms. The first kappa shape index (κ1) is 84.9. The lowest BCUT2D eigenvalue weighted by Gasteiger charge is -2.32. The first-order chi connectivity index (χ1) is 63.6. The van der Waals surface area contributed by atoms with E-state index >= 15 is 0 Å². The van der Waals surface area contributed by atoms with Crippen molar-refractivity contribution >= 4 is 96.2 Å². The van der Waals surface area contributed by atoms with Gasteiger partial charge in [-0.1, -0.05) is 453 Å². The molecule has 1 saturated heterocycles. The minimum absolute atomic E-state index is 0.373. The van der Waals surface area contributed by atoms with Crippen molar-refractivity contribution in [2.24, 2.45) is 0 Å². The Kier molecular flexibility index (Phi) is 24.4. The van der Waals surface area contributed by atoms with Crippen LogP contribution in [-0.4, -0.2) is 48.2 Å². The maximum absolute atomic E-state index is 14.9. The molecule has 1 fully saturated rings. The van der Waals surface area contributed by atoms with Crippen molar-refractivity contribution in [1.29, 1.82) is 0 Å². The van der Waals surface area contributed by atoms with Crippen LogP contribution in [0.15, 0.2) is 466 Å². The average Bonchev–Trinajstić information content (AvgIpc) is 1.70. The van der Waals surface area contributed by atoms with Crippen LogP contribution in [0.2, 0.25) is 0 Å². The summed E-state index contributed by atoms with van der Waals surface area (Å²) in [6.45, 7) is 8.33. The van der Waals surface area contributed by atoms with Gasteiger partial charge in [-0.05, 0) is 135 Å². The standard InChI is InChI=1S/C55H38N3OP.C43H36BN3O2.C18H14BrOP/c59-60(46-19-9-3-10-20-46,47-21-11-4-12-22-47)48-37-35-40(36-38-48)39-27-29-41(30-28-39)49-23-13-26-52-50(24-14-25-51(49)52)42-31-33-45(34-32-42)55-57-53(43-15-5-1-6-16-43)56-54(58-55)44-17-7-2-8-18-44;1-42(2)43(3,4)49-44(48-42)34-27-25-30(26-28-34)36-18-12-19-37-35(17-11-20-38(36)37)29-21-23-33(24-22-29)41-46-39(31-13-7-5-8-14-31)45-40(47-41)32-15-9-6-10-16-32;19-15-11-13-18(14-12-15)21(20,16-7-3-1-4-8-16)17-9-5-2-6-10-17/h1-38H;5-28H,1-4H3;1-14H. The van der Waals surface area contributed by atoms with E-state index in [1.807, 2.05) is 279 Å². The van der Waals surface area contributed by atoms with Crippen molar-refractivity contribution in [3.63, 3.8) is 0 Å². The van der Waals surface area contributed by atoms with Crippen LogP contribution >= 0.6 is 30.2 Å². The quantitative estimate of drug-likeness (QED) is 0.0605. The first-order valence-electron chi connectivity index (χ1n) is 43.4. The fraction of sp³-hybridized carbons (Fsp3) is 0.0517. The molecule has 0 spiro atoms. The summed E-state index contributed by atoms with van der Waals surface area (Å²) < 4.78 is 42.3. The third kappa shape index (κ3) is 17.7. The Morgan fingerprint density at radius 1 is 0.208 bits per heavy atom. The van der Waals surface area contributed by atoms with Gasteiger partial charge in [0.05, 0.1) is 11.2 Å². The lowest BCUT2D eigenvalue weighted by Crippen LogP contribution is -2.41. The van der Waals surface area contributed by atoms with E-state index in [0.717, 1.165) is 114 Å². The topological polar surface area (TPSA) is 130 Å². The summed E-state index contributed by atoms with van der Waals surface area (Å²) in [6, 6.07) is 156. The Morgan fingerprint density at radius 2 is 0.400 bits per heavy atom. The molecule has 0 aliphatic carbocycles. The minimum atomic E-state index is -3.04. The van der Waals surface area contributed by atoms with Crippen molar-refractivity contribution < 1.29 is 18.4 Å². The lowest BCUT2D eigenvalue weighted by atomic mass is 9.78. The molecule has 0 N–H and O–H groups in total. The van der Waals surface area contributed by atoms with Crippen molar-refractivity contribution in [1.82, 2.24) is 29.9 Å². The second-order valence-electron chi connectivity index (χ2n) is 33.0. The van der Waals surface area contributed by atoms with E-state index < -0.39 is 14.3 Å². The molecule has 18 aromatic carbocycles. The molecule has 0 unspecified atom stereocenters. The third-order valence-corrected chi connectivity index (χ3v) is 31.0. The molecule has 1 aliphatic heterocycles. The highest BCUT2D eigenvalue weighted by Gasteiger charge is 2.52. The fourth-order valence-electron chi connectivity index (χ4n) is 16.7. The Hall–Kier alpha value is -14.6. The van der Waals surface area contributed by atoms with Crippen LogP contribution in [-0.2, 0) is 18.4 Å². The third-order valence-electron chi connectivity index (χ3n) is 24.3. The molecule has 2 aromatic heterocycles. The van der Waals surface area contributed by atoms with Gasteiger partial charge in [0.1, 0.15) is 0 Å². The van der Waals surface area contributed by atoms with Crippen molar-refractivity contribution in [3.05, 3.63) is 466 Å². The van der Waals surface area contributed by atoms with Gasteiger partial charge < -0.3 is 18.4 Å². The zero-order valence-electron chi connectivity index (χ0n) is 72.0. The summed E-state index contributed by atoms with van der Waals surface area (Å²) >= 11 is 3.43. The molecule has 0 radical (unpaired) electrons. The van der Waals surface area contributed by atoms with Gasteiger partial charge in [-0.15, -0.1) is 0 Å². The van der Waals surface area contributed by atoms with Crippen LogP contribution in [0.4, 0.5) is 0 Å². The van der Waals surface area contributed by atoms with Crippen molar-refractivity contribution in [2.75, 3.05) is 0 Å². The zero-order valence-corrected chi connectivity index (χ0v) is 75.4. The predicted molar refractivity (Wildman–Crippen MR) is 543 cm³/mol. The molecule has 20 aromatic rings.